The van der Waals surface area contributed by atoms with Gasteiger partial charge in [-0.1, -0.05) is 5.16 Å². The molecule has 0 radical (unpaired) electrons. The van der Waals surface area contributed by atoms with E-state index in [2.05, 4.69) is 32.0 Å². The second kappa shape index (κ2) is 7.42. The van der Waals surface area contributed by atoms with E-state index in [0.29, 0.717) is 35.6 Å². The van der Waals surface area contributed by atoms with Crippen LogP contribution in [0.25, 0.3) is 11.5 Å². The Hall–Kier alpha value is -3.46. The predicted octanol–water partition coefficient (Wildman–Crippen LogP) is 1.87. The van der Waals surface area contributed by atoms with Gasteiger partial charge in [-0.25, -0.2) is 4.98 Å². The normalized spacial score (nSPS) is 16.1. The zero-order valence-corrected chi connectivity index (χ0v) is 16.7. The molecule has 0 atom stereocenters. The highest BCUT2D eigenvalue weighted by Gasteiger charge is 2.28. The van der Waals surface area contributed by atoms with Crippen LogP contribution in [0.5, 0.6) is 11.8 Å². The quantitative estimate of drug-likeness (QED) is 0.699. The molecule has 5 rings (SSSR count). The SMILES string of the molecule is CN1CCN(c2ccc(Oc3ncc4c(n3)-c3onc(C(N)=O)c3CC4)cc2)CC1. The maximum atomic E-state index is 11.5. The first-order valence-corrected chi connectivity index (χ1v) is 9.94. The van der Waals surface area contributed by atoms with E-state index >= 15 is 0 Å². The van der Waals surface area contributed by atoms with E-state index in [-0.39, 0.29) is 11.7 Å². The number of aromatic nitrogens is 3. The van der Waals surface area contributed by atoms with E-state index in [9.17, 15) is 4.79 Å². The van der Waals surface area contributed by atoms with Crippen molar-refractivity contribution in [3.8, 4) is 23.2 Å². The molecule has 2 aliphatic rings. The van der Waals surface area contributed by atoms with Gasteiger partial charge < -0.3 is 24.8 Å². The van der Waals surface area contributed by atoms with Crippen molar-refractivity contribution in [2.24, 2.45) is 5.73 Å². The van der Waals surface area contributed by atoms with Gasteiger partial charge in [0.1, 0.15) is 11.4 Å². The van der Waals surface area contributed by atoms with Gasteiger partial charge in [-0.05, 0) is 44.2 Å². The van der Waals surface area contributed by atoms with Gasteiger partial charge in [-0.2, -0.15) is 4.98 Å². The molecule has 1 amide bonds. The molecule has 1 aliphatic heterocycles. The smallest absolute Gasteiger partial charge is 0.322 e. The first-order chi connectivity index (χ1) is 14.6. The van der Waals surface area contributed by atoms with Crippen molar-refractivity contribution in [3.63, 3.8) is 0 Å². The van der Waals surface area contributed by atoms with Crippen molar-refractivity contribution in [2.45, 2.75) is 12.8 Å². The predicted molar refractivity (Wildman–Crippen MR) is 110 cm³/mol. The van der Waals surface area contributed by atoms with E-state index in [4.69, 9.17) is 15.0 Å². The summed E-state index contributed by atoms with van der Waals surface area (Å²) in [6.45, 7) is 4.14. The Morgan fingerprint density at radius 3 is 2.63 bits per heavy atom. The molecule has 0 unspecified atom stereocenters. The van der Waals surface area contributed by atoms with Crippen LogP contribution in [-0.4, -0.2) is 59.2 Å². The molecule has 2 aromatic heterocycles. The summed E-state index contributed by atoms with van der Waals surface area (Å²) in [7, 11) is 2.14. The Morgan fingerprint density at radius 2 is 1.90 bits per heavy atom. The lowest BCUT2D eigenvalue weighted by Gasteiger charge is -2.34. The fourth-order valence-electron chi connectivity index (χ4n) is 3.89. The fourth-order valence-corrected chi connectivity index (χ4v) is 3.89. The average Bonchev–Trinajstić information content (AvgIpc) is 3.20. The zero-order valence-electron chi connectivity index (χ0n) is 16.7. The van der Waals surface area contributed by atoms with Gasteiger partial charge in [0.2, 0.25) is 0 Å². The number of piperazine rings is 1. The largest absolute Gasteiger partial charge is 0.424 e. The zero-order chi connectivity index (χ0) is 20.7. The van der Waals surface area contributed by atoms with Crippen molar-refractivity contribution >= 4 is 11.6 Å². The number of primary amides is 1. The number of carbonyl (C=O) groups excluding carboxylic acids is 1. The highest BCUT2D eigenvalue weighted by molar-refractivity contribution is 5.94. The first kappa shape index (κ1) is 18.6. The van der Waals surface area contributed by atoms with E-state index in [1.807, 2.05) is 24.3 Å². The number of ether oxygens (including phenoxy) is 1. The Balaban J connectivity index is 1.36. The highest BCUT2D eigenvalue weighted by atomic mass is 16.5. The van der Waals surface area contributed by atoms with Crippen molar-refractivity contribution in [3.05, 3.63) is 47.3 Å². The number of amides is 1. The van der Waals surface area contributed by atoms with Crippen LogP contribution in [-0.2, 0) is 12.8 Å². The summed E-state index contributed by atoms with van der Waals surface area (Å²) in [6, 6.07) is 8.15. The van der Waals surface area contributed by atoms with Gasteiger partial charge in [0.05, 0.1) is 0 Å². The number of hydrogen-bond donors (Lipinski definition) is 1. The van der Waals surface area contributed by atoms with Gasteiger partial charge in [0.25, 0.3) is 5.91 Å². The average molecular weight is 406 g/mol. The number of benzene rings is 1. The van der Waals surface area contributed by atoms with Crippen LogP contribution in [0, 0.1) is 0 Å². The summed E-state index contributed by atoms with van der Waals surface area (Å²) in [5, 5.41) is 3.81. The van der Waals surface area contributed by atoms with Crippen LogP contribution in [0.3, 0.4) is 0 Å². The van der Waals surface area contributed by atoms with Gasteiger partial charge >= 0.3 is 6.01 Å². The van der Waals surface area contributed by atoms with Gasteiger partial charge in [0, 0.05) is 49.2 Å². The number of fused-ring (bicyclic) bond motifs is 3. The van der Waals surface area contributed by atoms with Crippen molar-refractivity contribution in [1.82, 2.24) is 20.0 Å². The molecular formula is C21H22N6O3. The van der Waals surface area contributed by atoms with Crippen LogP contribution in [0.1, 0.15) is 21.6 Å². The van der Waals surface area contributed by atoms with Crippen LogP contribution in [0.4, 0.5) is 5.69 Å². The lowest BCUT2D eigenvalue weighted by Crippen LogP contribution is -2.44. The maximum Gasteiger partial charge on any atom is 0.322 e. The minimum absolute atomic E-state index is 0.163. The van der Waals surface area contributed by atoms with Crippen molar-refractivity contribution in [2.75, 3.05) is 38.1 Å². The third kappa shape index (κ3) is 3.37. The molecule has 1 saturated heterocycles. The number of likely N-dealkylation sites (N-methyl/N-ethyl adjacent to an activating group) is 1. The van der Waals surface area contributed by atoms with Crippen LogP contribution in [0.15, 0.2) is 35.0 Å². The summed E-state index contributed by atoms with van der Waals surface area (Å²) >= 11 is 0. The maximum absolute atomic E-state index is 11.5. The molecule has 3 aromatic rings. The third-order valence-electron chi connectivity index (χ3n) is 5.64. The third-order valence-corrected chi connectivity index (χ3v) is 5.64. The van der Waals surface area contributed by atoms with E-state index < -0.39 is 5.91 Å². The molecule has 1 fully saturated rings. The second-order valence-electron chi connectivity index (χ2n) is 7.62. The first-order valence-electron chi connectivity index (χ1n) is 9.94. The molecule has 0 saturated carbocycles. The molecule has 9 nitrogen and oxygen atoms in total. The number of carbonyl (C=O) groups is 1. The van der Waals surface area contributed by atoms with Gasteiger partial charge in [-0.3, -0.25) is 4.79 Å². The molecule has 0 spiro atoms. The molecule has 0 bridgehead atoms. The van der Waals surface area contributed by atoms with Crippen LogP contribution < -0.4 is 15.4 Å². The summed E-state index contributed by atoms with van der Waals surface area (Å²) in [5.41, 5.74) is 8.93. The Kier molecular flexibility index (Phi) is 4.59. The molecule has 30 heavy (non-hydrogen) atoms. The fraction of sp³-hybridized carbons (Fsp3) is 0.333. The number of hydrogen-bond acceptors (Lipinski definition) is 8. The molecule has 2 N–H and O–H groups in total. The van der Waals surface area contributed by atoms with E-state index in [1.165, 1.54) is 5.69 Å². The summed E-state index contributed by atoms with van der Waals surface area (Å²) < 4.78 is 11.2. The van der Waals surface area contributed by atoms with Crippen molar-refractivity contribution < 1.29 is 14.1 Å². The highest BCUT2D eigenvalue weighted by Crippen LogP contribution is 2.35. The molecular weight excluding hydrogens is 384 g/mol. The number of nitrogens with zero attached hydrogens (tertiary/aromatic N) is 5. The Labute approximate surface area is 173 Å². The lowest BCUT2D eigenvalue weighted by atomic mass is 9.94. The standard InChI is InChI=1S/C21H22N6O3/c1-26-8-10-27(11-9-26)14-3-5-15(6-4-14)29-21-23-12-13-2-7-16-18(20(22)28)25-30-19(16)17(13)24-21/h3-6,12H,2,7-11H2,1H3,(H2,22,28). The summed E-state index contributed by atoms with van der Waals surface area (Å²) in [4.78, 5) is 25.1. The summed E-state index contributed by atoms with van der Waals surface area (Å²) in [5.74, 6) is 0.511. The number of rotatable bonds is 4. The topological polar surface area (TPSA) is 111 Å². The molecule has 3 heterocycles. The van der Waals surface area contributed by atoms with Crippen LogP contribution in [0.2, 0.25) is 0 Å². The number of aryl methyl sites for hydroxylation is 1. The van der Waals surface area contributed by atoms with E-state index in [1.54, 1.807) is 6.20 Å². The molecule has 1 aromatic carbocycles. The molecule has 9 heteroatoms. The number of anilines is 1. The van der Waals surface area contributed by atoms with Gasteiger partial charge in [-0.15, -0.1) is 0 Å². The Morgan fingerprint density at radius 1 is 1.13 bits per heavy atom. The second-order valence-corrected chi connectivity index (χ2v) is 7.62. The Bertz CT molecular complexity index is 1090. The summed E-state index contributed by atoms with van der Waals surface area (Å²) in [6.07, 6.45) is 3.02. The minimum Gasteiger partial charge on any atom is -0.424 e. The van der Waals surface area contributed by atoms with E-state index in [0.717, 1.165) is 31.7 Å². The number of nitrogens with two attached hydrogens (primary N) is 1. The van der Waals surface area contributed by atoms with Gasteiger partial charge in [0.15, 0.2) is 11.5 Å². The monoisotopic (exact) mass is 406 g/mol. The molecule has 1 aliphatic carbocycles. The van der Waals surface area contributed by atoms with Crippen LogP contribution >= 0.6 is 0 Å². The lowest BCUT2D eigenvalue weighted by molar-refractivity contribution is 0.0991. The van der Waals surface area contributed by atoms with Crippen molar-refractivity contribution in [1.29, 1.82) is 0 Å². The molecule has 154 valence electrons. The minimum atomic E-state index is -0.602.